The number of nitro benzene ring substituents is 1. The Morgan fingerprint density at radius 2 is 2.33 bits per heavy atom. The van der Waals surface area contributed by atoms with E-state index in [1.54, 1.807) is 12.1 Å². The maximum Gasteiger partial charge on any atom is 0.270 e. The van der Waals surface area contributed by atoms with Crippen molar-refractivity contribution in [2.45, 2.75) is 6.42 Å². The fourth-order valence-electron chi connectivity index (χ4n) is 1.49. The Bertz CT molecular complexity index is 450. The van der Waals surface area contributed by atoms with Crippen LogP contribution in [0, 0.1) is 10.1 Å². The molecular formula is C11H10N2O2. The zero-order valence-corrected chi connectivity index (χ0v) is 8.09. The van der Waals surface area contributed by atoms with Gasteiger partial charge in [0.2, 0.25) is 0 Å². The highest BCUT2D eigenvalue weighted by Crippen LogP contribution is 2.17. The summed E-state index contributed by atoms with van der Waals surface area (Å²) in [5.41, 5.74) is 2.10. The summed E-state index contributed by atoms with van der Waals surface area (Å²) >= 11 is 0. The van der Waals surface area contributed by atoms with Gasteiger partial charge >= 0.3 is 0 Å². The predicted molar refractivity (Wildman–Crippen MR) is 59.0 cm³/mol. The van der Waals surface area contributed by atoms with Crippen LogP contribution in [0.5, 0.6) is 0 Å². The number of aliphatic imine (C=N–C) groups is 1. The van der Waals surface area contributed by atoms with Crippen molar-refractivity contribution >= 4 is 18.0 Å². The van der Waals surface area contributed by atoms with Gasteiger partial charge in [-0.15, -0.1) is 0 Å². The van der Waals surface area contributed by atoms with Crippen LogP contribution in [-0.2, 0) is 0 Å². The monoisotopic (exact) mass is 202 g/mol. The summed E-state index contributed by atoms with van der Waals surface area (Å²) in [6.45, 7) is 0.820. The van der Waals surface area contributed by atoms with Gasteiger partial charge in [-0.2, -0.15) is 0 Å². The number of benzene rings is 1. The summed E-state index contributed by atoms with van der Waals surface area (Å²) in [6, 6.07) is 6.60. The Morgan fingerprint density at radius 3 is 3.00 bits per heavy atom. The maximum atomic E-state index is 10.5. The summed E-state index contributed by atoms with van der Waals surface area (Å²) in [5, 5.41) is 10.5. The number of hydrogen-bond donors (Lipinski definition) is 0. The average Bonchev–Trinajstić information content (AvgIpc) is 2.71. The average molecular weight is 202 g/mol. The van der Waals surface area contributed by atoms with E-state index in [4.69, 9.17) is 0 Å². The fourth-order valence-corrected chi connectivity index (χ4v) is 1.49. The molecule has 0 amide bonds. The molecular weight excluding hydrogens is 192 g/mol. The van der Waals surface area contributed by atoms with E-state index in [0.29, 0.717) is 0 Å². The zero-order chi connectivity index (χ0) is 10.7. The van der Waals surface area contributed by atoms with Crippen molar-refractivity contribution in [2.24, 2.45) is 4.99 Å². The fraction of sp³-hybridized carbons (Fsp3) is 0.182. The van der Waals surface area contributed by atoms with Gasteiger partial charge in [0, 0.05) is 24.9 Å². The Kier molecular flexibility index (Phi) is 2.58. The first-order chi connectivity index (χ1) is 7.25. The van der Waals surface area contributed by atoms with E-state index in [0.717, 1.165) is 24.1 Å². The molecule has 0 aromatic heterocycles. The third-order valence-electron chi connectivity index (χ3n) is 2.22. The molecule has 2 rings (SSSR count). The van der Waals surface area contributed by atoms with Gasteiger partial charge in [-0.05, 0) is 23.6 Å². The highest BCUT2D eigenvalue weighted by atomic mass is 16.6. The van der Waals surface area contributed by atoms with Gasteiger partial charge in [-0.25, -0.2) is 0 Å². The van der Waals surface area contributed by atoms with Crippen LogP contribution in [0.1, 0.15) is 12.0 Å². The molecule has 4 nitrogen and oxygen atoms in total. The summed E-state index contributed by atoms with van der Waals surface area (Å²) in [5.74, 6) is 0. The van der Waals surface area contributed by atoms with Crippen LogP contribution in [0.2, 0.25) is 0 Å². The van der Waals surface area contributed by atoms with Crippen LogP contribution in [0.3, 0.4) is 0 Å². The number of non-ortho nitro benzene ring substituents is 1. The quantitative estimate of drug-likeness (QED) is 0.546. The summed E-state index contributed by atoms with van der Waals surface area (Å²) < 4.78 is 0. The lowest BCUT2D eigenvalue weighted by Crippen LogP contribution is -1.88. The van der Waals surface area contributed by atoms with Gasteiger partial charge in [0.25, 0.3) is 5.69 Å². The SMILES string of the molecule is O=[N+]([O-])c1cccc(/C=C2/C=NCC2)c1. The predicted octanol–water partition coefficient (Wildman–Crippen LogP) is 2.45. The van der Waals surface area contributed by atoms with Gasteiger partial charge in [-0.1, -0.05) is 12.1 Å². The molecule has 15 heavy (non-hydrogen) atoms. The molecule has 1 aromatic rings. The van der Waals surface area contributed by atoms with E-state index in [-0.39, 0.29) is 10.6 Å². The number of hydrogen-bond acceptors (Lipinski definition) is 3. The molecule has 0 unspecified atom stereocenters. The van der Waals surface area contributed by atoms with E-state index in [2.05, 4.69) is 4.99 Å². The van der Waals surface area contributed by atoms with Crippen molar-refractivity contribution in [3.8, 4) is 0 Å². The molecule has 0 spiro atoms. The number of rotatable bonds is 2. The van der Waals surface area contributed by atoms with Gasteiger partial charge in [-0.3, -0.25) is 15.1 Å². The number of nitrogens with zero attached hydrogens (tertiary/aromatic N) is 2. The molecule has 76 valence electrons. The lowest BCUT2D eigenvalue weighted by atomic mass is 10.1. The van der Waals surface area contributed by atoms with E-state index in [1.807, 2.05) is 18.4 Å². The van der Waals surface area contributed by atoms with E-state index in [1.165, 1.54) is 6.07 Å². The Labute approximate surface area is 87.1 Å². The Hall–Kier alpha value is -1.97. The highest BCUT2D eigenvalue weighted by molar-refractivity contribution is 5.87. The van der Waals surface area contributed by atoms with Crippen LogP contribution in [0.15, 0.2) is 34.8 Å². The van der Waals surface area contributed by atoms with Crippen molar-refractivity contribution in [1.29, 1.82) is 0 Å². The lowest BCUT2D eigenvalue weighted by molar-refractivity contribution is -0.384. The van der Waals surface area contributed by atoms with Gasteiger partial charge in [0.05, 0.1) is 4.92 Å². The van der Waals surface area contributed by atoms with E-state index in [9.17, 15) is 10.1 Å². The normalized spacial score (nSPS) is 17.2. The van der Waals surface area contributed by atoms with Crippen LogP contribution in [0.25, 0.3) is 6.08 Å². The minimum atomic E-state index is -0.384. The van der Waals surface area contributed by atoms with Crippen molar-refractivity contribution < 1.29 is 4.92 Å². The zero-order valence-electron chi connectivity index (χ0n) is 8.09. The maximum absolute atomic E-state index is 10.5. The van der Waals surface area contributed by atoms with Gasteiger partial charge in [0.15, 0.2) is 0 Å². The smallest absolute Gasteiger partial charge is 0.270 e. The largest absolute Gasteiger partial charge is 0.293 e. The second-order valence-corrected chi connectivity index (χ2v) is 3.36. The van der Waals surface area contributed by atoms with Gasteiger partial charge < -0.3 is 0 Å². The molecule has 0 radical (unpaired) electrons. The standard InChI is InChI=1S/C11H10N2O2/c14-13(15)11-3-1-2-9(7-11)6-10-4-5-12-8-10/h1-3,6-8H,4-5H2/b10-6+. The van der Waals surface area contributed by atoms with Crippen molar-refractivity contribution in [2.75, 3.05) is 6.54 Å². The van der Waals surface area contributed by atoms with Crippen molar-refractivity contribution in [3.63, 3.8) is 0 Å². The lowest BCUT2D eigenvalue weighted by Gasteiger charge is -1.95. The minimum absolute atomic E-state index is 0.124. The molecule has 4 heteroatoms. The summed E-state index contributed by atoms with van der Waals surface area (Å²) in [6.07, 6.45) is 4.67. The third kappa shape index (κ3) is 2.28. The van der Waals surface area contributed by atoms with Crippen molar-refractivity contribution in [3.05, 3.63) is 45.5 Å². The summed E-state index contributed by atoms with van der Waals surface area (Å²) in [4.78, 5) is 14.3. The molecule has 0 bridgehead atoms. The summed E-state index contributed by atoms with van der Waals surface area (Å²) in [7, 11) is 0. The van der Waals surface area contributed by atoms with E-state index < -0.39 is 0 Å². The molecule has 0 saturated heterocycles. The third-order valence-corrected chi connectivity index (χ3v) is 2.22. The second kappa shape index (κ2) is 4.04. The molecule has 0 N–H and O–H groups in total. The van der Waals surface area contributed by atoms with Crippen LogP contribution in [0.4, 0.5) is 5.69 Å². The Balaban J connectivity index is 2.29. The first-order valence-electron chi connectivity index (χ1n) is 4.70. The molecule has 1 aliphatic heterocycles. The minimum Gasteiger partial charge on any atom is -0.293 e. The molecule has 0 saturated carbocycles. The first kappa shape index (κ1) is 9.58. The van der Waals surface area contributed by atoms with Crippen molar-refractivity contribution in [1.82, 2.24) is 0 Å². The molecule has 1 aliphatic rings. The molecule has 0 atom stereocenters. The molecule has 0 aliphatic carbocycles. The second-order valence-electron chi connectivity index (χ2n) is 3.36. The molecule has 1 aromatic carbocycles. The topological polar surface area (TPSA) is 55.5 Å². The highest BCUT2D eigenvalue weighted by Gasteiger charge is 2.05. The van der Waals surface area contributed by atoms with Gasteiger partial charge in [0.1, 0.15) is 0 Å². The molecule has 1 heterocycles. The number of nitro groups is 1. The van der Waals surface area contributed by atoms with Crippen LogP contribution in [-0.4, -0.2) is 17.7 Å². The van der Waals surface area contributed by atoms with Crippen LogP contribution >= 0.6 is 0 Å². The first-order valence-corrected chi connectivity index (χ1v) is 4.70. The van der Waals surface area contributed by atoms with Crippen LogP contribution < -0.4 is 0 Å². The Morgan fingerprint density at radius 1 is 1.47 bits per heavy atom. The molecule has 0 fully saturated rings. The van der Waals surface area contributed by atoms with E-state index >= 15 is 0 Å².